The standard InChI is InChI=1S/C14H9N5O.ClH/c20-14-11-8-17-12-3-6-16-7-10(12)13(11)18-19(14)9-1-4-15-5-2-9;/h1-8,18H;1H. The van der Waals surface area contributed by atoms with Crippen LogP contribution in [-0.4, -0.2) is 24.7 Å². The number of rotatable bonds is 1. The Bertz CT molecular complexity index is 977. The van der Waals surface area contributed by atoms with E-state index in [-0.39, 0.29) is 18.0 Å². The third-order valence-corrected chi connectivity index (χ3v) is 3.25. The SMILES string of the molecule is Cl.O=c1c2cnc3ccncc3c2[nH]n1-c1ccncc1. The monoisotopic (exact) mass is 299 g/mol. The summed E-state index contributed by atoms with van der Waals surface area (Å²) >= 11 is 0. The van der Waals surface area contributed by atoms with E-state index in [4.69, 9.17) is 0 Å². The van der Waals surface area contributed by atoms with Gasteiger partial charge < -0.3 is 0 Å². The molecule has 0 aromatic carbocycles. The molecule has 6 nitrogen and oxygen atoms in total. The zero-order valence-electron chi connectivity index (χ0n) is 10.7. The minimum Gasteiger partial charge on any atom is -0.289 e. The quantitative estimate of drug-likeness (QED) is 0.584. The number of fused-ring (bicyclic) bond motifs is 3. The molecule has 4 aromatic heterocycles. The van der Waals surface area contributed by atoms with Crippen LogP contribution in [0.3, 0.4) is 0 Å². The molecule has 104 valence electrons. The van der Waals surface area contributed by atoms with Crippen LogP contribution in [0.1, 0.15) is 0 Å². The summed E-state index contributed by atoms with van der Waals surface area (Å²) in [7, 11) is 0. The molecule has 0 aliphatic heterocycles. The Morgan fingerprint density at radius 2 is 1.71 bits per heavy atom. The summed E-state index contributed by atoms with van der Waals surface area (Å²) in [6, 6.07) is 5.35. The van der Waals surface area contributed by atoms with Gasteiger partial charge in [0, 0.05) is 36.4 Å². The molecule has 0 fully saturated rings. The van der Waals surface area contributed by atoms with E-state index >= 15 is 0 Å². The Balaban J connectivity index is 0.00000132. The second kappa shape index (κ2) is 4.99. The van der Waals surface area contributed by atoms with Gasteiger partial charge in [-0.15, -0.1) is 12.4 Å². The van der Waals surface area contributed by atoms with Crippen LogP contribution in [0.25, 0.3) is 27.5 Å². The zero-order chi connectivity index (χ0) is 13.5. The van der Waals surface area contributed by atoms with Crippen LogP contribution in [-0.2, 0) is 0 Å². The number of halogens is 1. The maximum absolute atomic E-state index is 12.4. The van der Waals surface area contributed by atoms with Gasteiger partial charge in [0.2, 0.25) is 0 Å². The molecule has 0 saturated carbocycles. The number of pyridine rings is 3. The molecule has 0 saturated heterocycles. The van der Waals surface area contributed by atoms with Gasteiger partial charge in [-0.05, 0) is 18.2 Å². The molecular weight excluding hydrogens is 290 g/mol. The van der Waals surface area contributed by atoms with Gasteiger partial charge in [-0.25, -0.2) is 4.68 Å². The first-order chi connectivity index (χ1) is 9.84. The van der Waals surface area contributed by atoms with E-state index in [1.54, 1.807) is 43.1 Å². The summed E-state index contributed by atoms with van der Waals surface area (Å²) in [5, 5.41) is 4.49. The van der Waals surface area contributed by atoms with E-state index in [2.05, 4.69) is 20.1 Å². The molecule has 0 spiro atoms. The van der Waals surface area contributed by atoms with Crippen LogP contribution in [0.4, 0.5) is 0 Å². The number of nitrogens with zero attached hydrogens (tertiary/aromatic N) is 4. The van der Waals surface area contributed by atoms with E-state index in [1.807, 2.05) is 6.07 Å². The van der Waals surface area contributed by atoms with Crippen molar-refractivity contribution >= 4 is 34.2 Å². The summed E-state index contributed by atoms with van der Waals surface area (Å²) in [4.78, 5) is 24.8. The maximum Gasteiger partial charge on any atom is 0.280 e. The van der Waals surface area contributed by atoms with Crippen LogP contribution in [0.15, 0.2) is 54.0 Å². The molecule has 0 amide bonds. The van der Waals surface area contributed by atoms with Crippen LogP contribution in [0.5, 0.6) is 0 Å². The van der Waals surface area contributed by atoms with Crippen LogP contribution < -0.4 is 5.56 Å². The minimum atomic E-state index is -0.135. The van der Waals surface area contributed by atoms with Crippen LogP contribution in [0.2, 0.25) is 0 Å². The van der Waals surface area contributed by atoms with E-state index in [0.717, 1.165) is 22.1 Å². The number of aromatic nitrogens is 5. The van der Waals surface area contributed by atoms with Crippen molar-refractivity contribution in [1.29, 1.82) is 0 Å². The molecule has 4 aromatic rings. The Kier molecular flexibility index (Phi) is 3.15. The highest BCUT2D eigenvalue weighted by Crippen LogP contribution is 2.19. The molecule has 0 aliphatic carbocycles. The average Bonchev–Trinajstić information content (AvgIpc) is 2.86. The van der Waals surface area contributed by atoms with Gasteiger partial charge >= 0.3 is 0 Å². The summed E-state index contributed by atoms with van der Waals surface area (Å²) in [6.45, 7) is 0. The molecule has 1 N–H and O–H groups in total. The lowest BCUT2D eigenvalue weighted by atomic mass is 10.2. The van der Waals surface area contributed by atoms with Crippen molar-refractivity contribution < 1.29 is 0 Å². The predicted molar refractivity (Wildman–Crippen MR) is 82.0 cm³/mol. The van der Waals surface area contributed by atoms with Gasteiger partial charge in [0.25, 0.3) is 5.56 Å². The van der Waals surface area contributed by atoms with E-state index < -0.39 is 0 Å². The van der Waals surface area contributed by atoms with E-state index in [0.29, 0.717) is 5.39 Å². The van der Waals surface area contributed by atoms with Gasteiger partial charge in [0.1, 0.15) is 0 Å². The molecular formula is C14H10ClN5O. The average molecular weight is 300 g/mol. The first-order valence-corrected chi connectivity index (χ1v) is 6.08. The first-order valence-electron chi connectivity index (χ1n) is 6.08. The first kappa shape index (κ1) is 13.3. The van der Waals surface area contributed by atoms with Crippen LogP contribution in [0, 0.1) is 0 Å². The second-order valence-corrected chi connectivity index (χ2v) is 4.40. The molecule has 21 heavy (non-hydrogen) atoms. The molecule has 7 heteroatoms. The fraction of sp³-hybridized carbons (Fsp3) is 0. The molecule has 0 aliphatic rings. The van der Waals surface area contributed by atoms with Gasteiger partial charge in [0.05, 0.1) is 22.1 Å². The third kappa shape index (κ3) is 1.96. The predicted octanol–water partition coefficient (Wildman–Crippen LogP) is 2.08. The van der Waals surface area contributed by atoms with Crippen molar-refractivity contribution in [2.75, 3.05) is 0 Å². The van der Waals surface area contributed by atoms with Crippen molar-refractivity contribution in [1.82, 2.24) is 24.7 Å². The lowest BCUT2D eigenvalue weighted by Gasteiger charge is -1.99. The number of nitrogens with one attached hydrogen (secondary N) is 1. The Hall–Kier alpha value is -2.73. The fourth-order valence-corrected chi connectivity index (χ4v) is 2.28. The van der Waals surface area contributed by atoms with Crippen molar-refractivity contribution in [2.45, 2.75) is 0 Å². The smallest absolute Gasteiger partial charge is 0.280 e. The lowest BCUT2D eigenvalue weighted by Crippen LogP contribution is -2.14. The number of H-pyrrole nitrogens is 1. The topological polar surface area (TPSA) is 76.5 Å². The van der Waals surface area contributed by atoms with Gasteiger partial charge in [-0.2, -0.15) is 0 Å². The number of aromatic amines is 1. The Morgan fingerprint density at radius 1 is 0.952 bits per heavy atom. The molecule has 4 heterocycles. The Morgan fingerprint density at radius 3 is 2.52 bits per heavy atom. The van der Waals surface area contributed by atoms with Gasteiger partial charge in [-0.3, -0.25) is 24.8 Å². The normalized spacial score (nSPS) is 10.7. The van der Waals surface area contributed by atoms with E-state index in [1.165, 1.54) is 4.68 Å². The lowest BCUT2D eigenvalue weighted by molar-refractivity contribution is 0.862. The number of hydrogen-bond acceptors (Lipinski definition) is 4. The second-order valence-electron chi connectivity index (χ2n) is 4.40. The van der Waals surface area contributed by atoms with E-state index in [9.17, 15) is 4.79 Å². The Labute approximate surface area is 124 Å². The highest BCUT2D eigenvalue weighted by atomic mass is 35.5. The molecule has 0 unspecified atom stereocenters. The summed E-state index contributed by atoms with van der Waals surface area (Å²) in [5.74, 6) is 0. The highest BCUT2D eigenvalue weighted by Gasteiger charge is 2.11. The highest BCUT2D eigenvalue weighted by molar-refractivity contribution is 6.02. The van der Waals surface area contributed by atoms with Crippen molar-refractivity contribution in [3.8, 4) is 5.69 Å². The van der Waals surface area contributed by atoms with Gasteiger partial charge in [-0.1, -0.05) is 0 Å². The summed E-state index contributed by atoms with van der Waals surface area (Å²) in [6.07, 6.45) is 8.27. The molecule has 4 rings (SSSR count). The van der Waals surface area contributed by atoms with Crippen molar-refractivity contribution in [3.05, 3.63) is 59.5 Å². The van der Waals surface area contributed by atoms with Crippen molar-refractivity contribution in [2.24, 2.45) is 0 Å². The fourth-order valence-electron chi connectivity index (χ4n) is 2.28. The molecule has 0 radical (unpaired) electrons. The minimum absolute atomic E-state index is 0. The molecule has 0 bridgehead atoms. The maximum atomic E-state index is 12.4. The largest absolute Gasteiger partial charge is 0.289 e. The van der Waals surface area contributed by atoms with Gasteiger partial charge in [0.15, 0.2) is 0 Å². The summed E-state index contributed by atoms with van der Waals surface area (Å²) in [5.41, 5.74) is 2.14. The molecule has 0 atom stereocenters. The summed E-state index contributed by atoms with van der Waals surface area (Å²) < 4.78 is 1.49. The number of hydrogen-bond donors (Lipinski definition) is 1. The third-order valence-electron chi connectivity index (χ3n) is 3.25. The zero-order valence-corrected chi connectivity index (χ0v) is 11.5. The van der Waals surface area contributed by atoms with Crippen LogP contribution >= 0.6 is 12.4 Å². The van der Waals surface area contributed by atoms with Crippen molar-refractivity contribution in [3.63, 3.8) is 0 Å².